The number of ether oxygens (including phenoxy) is 1. The number of nitrogens with two attached hydrogens (primary N) is 1. The van der Waals surface area contributed by atoms with Crippen molar-refractivity contribution in [3.63, 3.8) is 0 Å². The molecule has 3 nitrogen and oxygen atoms in total. The van der Waals surface area contributed by atoms with Crippen LogP contribution in [0.3, 0.4) is 0 Å². The van der Waals surface area contributed by atoms with E-state index in [0.29, 0.717) is 12.3 Å². The van der Waals surface area contributed by atoms with Crippen LogP contribution in [0.15, 0.2) is 54.6 Å². The van der Waals surface area contributed by atoms with Crippen molar-refractivity contribution in [2.45, 2.75) is 19.4 Å². The lowest BCUT2D eigenvalue weighted by Gasteiger charge is -2.12. The van der Waals surface area contributed by atoms with E-state index in [1.54, 1.807) is 12.1 Å². The van der Waals surface area contributed by atoms with Gasteiger partial charge in [-0.2, -0.15) is 0 Å². The number of hydrogen-bond donors (Lipinski definition) is 1. The van der Waals surface area contributed by atoms with E-state index in [1.165, 1.54) is 0 Å². The van der Waals surface area contributed by atoms with Crippen LogP contribution in [0.4, 0.5) is 5.69 Å². The highest BCUT2D eigenvalue weighted by molar-refractivity contribution is 5.77. The maximum atomic E-state index is 11.9. The Hall–Kier alpha value is -2.29. The highest BCUT2D eigenvalue weighted by Crippen LogP contribution is 2.18. The average Bonchev–Trinajstić information content (AvgIpc) is 2.46. The summed E-state index contributed by atoms with van der Waals surface area (Å²) in [6.45, 7) is 2.14. The maximum Gasteiger partial charge on any atom is 0.313 e. The van der Waals surface area contributed by atoms with Crippen LogP contribution in [-0.4, -0.2) is 5.97 Å². The summed E-state index contributed by atoms with van der Waals surface area (Å²) >= 11 is 0. The summed E-state index contributed by atoms with van der Waals surface area (Å²) in [4.78, 5) is 11.9. The standard InChI is InChI=1S/C16H17NO2/c1-12(14-7-9-15(17)10-8-14)16(18)19-11-13-5-3-2-4-6-13/h2-10,12H,11,17H2,1H3. The molecule has 2 rings (SSSR count). The molecular weight excluding hydrogens is 238 g/mol. The summed E-state index contributed by atoms with van der Waals surface area (Å²) in [6, 6.07) is 16.9. The number of anilines is 1. The van der Waals surface area contributed by atoms with E-state index < -0.39 is 0 Å². The van der Waals surface area contributed by atoms with E-state index >= 15 is 0 Å². The van der Waals surface area contributed by atoms with Gasteiger partial charge in [0.2, 0.25) is 0 Å². The second-order valence-electron chi connectivity index (χ2n) is 4.48. The Morgan fingerprint density at radius 3 is 2.37 bits per heavy atom. The van der Waals surface area contributed by atoms with E-state index in [1.807, 2.05) is 49.4 Å². The van der Waals surface area contributed by atoms with Gasteiger partial charge >= 0.3 is 5.97 Å². The SMILES string of the molecule is CC(C(=O)OCc1ccccc1)c1ccc(N)cc1. The second-order valence-corrected chi connectivity index (χ2v) is 4.48. The molecule has 0 bridgehead atoms. The molecule has 2 N–H and O–H groups in total. The summed E-state index contributed by atoms with van der Waals surface area (Å²) < 4.78 is 5.30. The van der Waals surface area contributed by atoms with Crippen molar-refractivity contribution in [3.8, 4) is 0 Å². The molecule has 3 heteroatoms. The maximum absolute atomic E-state index is 11.9. The molecule has 1 atom stereocenters. The molecule has 98 valence electrons. The first-order valence-electron chi connectivity index (χ1n) is 6.23. The minimum Gasteiger partial charge on any atom is -0.460 e. The average molecular weight is 255 g/mol. The van der Waals surface area contributed by atoms with Gasteiger partial charge in [-0.3, -0.25) is 4.79 Å². The number of rotatable bonds is 4. The molecule has 0 amide bonds. The van der Waals surface area contributed by atoms with Gasteiger partial charge in [0.15, 0.2) is 0 Å². The first kappa shape index (κ1) is 13.1. The fourth-order valence-corrected chi connectivity index (χ4v) is 1.77. The quantitative estimate of drug-likeness (QED) is 0.674. The number of carbonyl (C=O) groups excluding carboxylic acids is 1. The van der Waals surface area contributed by atoms with E-state index in [9.17, 15) is 4.79 Å². The van der Waals surface area contributed by atoms with Crippen LogP contribution in [0.25, 0.3) is 0 Å². The van der Waals surface area contributed by atoms with Crippen LogP contribution < -0.4 is 5.73 Å². The Morgan fingerprint density at radius 2 is 1.74 bits per heavy atom. The van der Waals surface area contributed by atoms with Gasteiger partial charge in [-0.25, -0.2) is 0 Å². The molecule has 2 aromatic rings. The number of carbonyl (C=O) groups is 1. The fourth-order valence-electron chi connectivity index (χ4n) is 1.77. The Morgan fingerprint density at radius 1 is 1.11 bits per heavy atom. The van der Waals surface area contributed by atoms with Crippen LogP contribution >= 0.6 is 0 Å². The van der Waals surface area contributed by atoms with E-state index in [-0.39, 0.29) is 11.9 Å². The summed E-state index contributed by atoms with van der Waals surface area (Å²) in [5, 5.41) is 0. The topological polar surface area (TPSA) is 52.3 Å². The predicted octanol–water partition coefficient (Wildman–Crippen LogP) is 3.12. The molecule has 0 heterocycles. The lowest BCUT2D eigenvalue weighted by molar-refractivity contribution is -0.146. The van der Waals surface area contributed by atoms with Crippen molar-refractivity contribution < 1.29 is 9.53 Å². The van der Waals surface area contributed by atoms with Crippen LogP contribution in [0.5, 0.6) is 0 Å². The predicted molar refractivity (Wildman–Crippen MR) is 75.5 cm³/mol. The Labute approximate surface area is 113 Å². The third-order valence-electron chi connectivity index (χ3n) is 3.01. The van der Waals surface area contributed by atoms with Crippen molar-refractivity contribution in [1.29, 1.82) is 0 Å². The first-order chi connectivity index (χ1) is 9.16. The molecule has 1 unspecified atom stereocenters. The number of esters is 1. The smallest absolute Gasteiger partial charge is 0.313 e. The highest BCUT2D eigenvalue weighted by Gasteiger charge is 2.16. The minimum absolute atomic E-state index is 0.228. The van der Waals surface area contributed by atoms with Gasteiger partial charge in [0.25, 0.3) is 0 Å². The van der Waals surface area contributed by atoms with Crippen LogP contribution in [-0.2, 0) is 16.1 Å². The number of hydrogen-bond acceptors (Lipinski definition) is 3. The molecule has 0 aliphatic rings. The summed E-state index contributed by atoms with van der Waals surface area (Å²) in [6.07, 6.45) is 0. The zero-order valence-corrected chi connectivity index (χ0v) is 10.9. The van der Waals surface area contributed by atoms with Gasteiger partial charge in [0, 0.05) is 5.69 Å². The summed E-state index contributed by atoms with van der Waals surface area (Å²) in [7, 11) is 0. The van der Waals surface area contributed by atoms with Crippen molar-refractivity contribution in [3.05, 3.63) is 65.7 Å². The van der Waals surface area contributed by atoms with Gasteiger partial charge in [-0.05, 0) is 30.2 Å². The van der Waals surface area contributed by atoms with Gasteiger partial charge in [-0.15, -0.1) is 0 Å². The molecule has 0 spiro atoms. The van der Waals surface area contributed by atoms with Crippen LogP contribution in [0.2, 0.25) is 0 Å². The van der Waals surface area contributed by atoms with Gasteiger partial charge < -0.3 is 10.5 Å². The zero-order chi connectivity index (χ0) is 13.7. The van der Waals surface area contributed by atoms with Crippen molar-refractivity contribution >= 4 is 11.7 Å². The van der Waals surface area contributed by atoms with E-state index in [2.05, 4.69) is 0 Å². The van der Waals surface area contributed by atoms with E-state index in [0.717, 1.165) is 11.1 Å². The molecule has 19 heavy (non-hydrogen) atoms. The van der Waals surface area contributed by atoms with Crippen LogP contribution in [0.1, 0.15) is 24.0 Å². The number of benzene rings is 2. The molecule has 0 saturated heterocycles. The normalized spacial score (nSPS) is 11.8. The lowest BCUT2D eigenvalue weighted by Crippen LogP contribution is -2.13. The monoisotopic (exact) mass is 255 g/mol. The highest BCUT2D eigenvalue weighted by atomic mass is 16.5. The molecule has 0 aliphatic heterocycles. The molecule has 0 saturated carbocycles. The van der Waals surface area contributed by atoms with E-state index in [4.69, 9.17) is 10.5 Å². The molecule has 0 aliphatic carbocycles. The fraction of sp³-hybridized carbons (Fsp3) is 0.188. The summed E-state index contributed by atoms with van der Waals surface area (Å²) in [5.41, 5.74) is 8.21. The summed E-state index contributed by atoms with van der Waals surface area (Å²) in [5.74, 6) is -0.516. The second kappa shape index (κ2) is 6.05. The molecule has 0 aromatic heterocycles. The Bertz CT molecular complexity index is 534. The molecular formula is C16H17NO2. The van der Waals surface area contributed by atoms with Gasteiger partial charge in [-0.1, -0.05) is 42.5 Å². The van der Waals surface area contributed by atoms with Gasteiger partial charge in [0.05, 0.1) is 5.92 Å². The van der Waals surface area contributed by atoms with Gasteiger partial charge in [0.1, 0.15) is 6.61 Å². The minimum atomic E-state index is -0.288. The van der Waals surface area contributed by atoms with Crippen molar-refractivity contribution in [1.82, 2.24) is 0 Å². The van der Waals surface area contributed by atoms with Crippen molar-refractivity contribution in [2.75, 3.05) is 5.73 Å². The first-order valence-corrected chi connectivity index (χ1v) is 6.23. The zero-order valence-electron chi connectivity index (χ0n) is 10.9. The van der Waals surface area contributed by atoms with Crippen molar-refractivity contribution in [2.24, 2.45) is 0 Å². The van der Waals surface area contributed by atoms with Crippen LogP contribution in [0, 0.1) is 0 Å². The molecule has 0 fully saturated rings. The Balaban J connectivity index is 1.94. The Kier molecular flexibility index (Phi) is 4.18. The number of nitrogen functional groups attached to an aromatic ring is 1. The third kappa shape index (κ3) is 3.58. The molecule has 2 aromatic carbocycles. The molecule has 0 radical (unpaired) electrons. The lowest BCUT2D eigenvalue weighted by atomic mass is 10.0. The third-order valence-corrected chi connectivity index (χ3v) is 3.01. The largest absolute Gasteiger partial charge is 0.460 e.